The van der Waals surface area contributed by atoms with Crippen LogP contribution < -0.4 is 14.8 Å². The number of alkyl halides is 1. The molecule has 21 heavy (non-hydrogen) atoms. The molecule has 1 unspecified atom stereocenters. The van der Waals surface area contributed by atoms with Gasteiger partial charge in [-0.15, -0.1) is 11.6 Å². The molecule has 0 aliphatic carbocycles. The molecule has 0 bridgehead atoms. The molecule has 1 aromatic carbocycles. The Hall–Kier alpha value is -1.42. The summed E-state index contributed by atoms with van der Waals surface area (Å²) in [5.74, 6) is 1.31. The molecule has 1 rings (SSSR count). The van der Waals surface area contributed by atoms with Crippen LogP contribution in [0.3, 0.4) is 0 Å². The number of amides is 1. The second-order valence-corrected chi connectivity index (χ2v) is 5.21. The van der Waals surface area contributed by atoms with Crippen molar-refractivity contribution in [2.75, 3.05) is 24.4 Å². The largest absolute Gasteiger partial charge is 0.490 e. The van der Waals surface area contributed by atoms with Crippen LogP contribution in [0.25, 0.3) is 0 Å². The molecule has 5 heteroatoms. The van der Waals surface area contributed by atoms with Gasteiger partial charge in [0, 0.05) is 23.6 Å². The van der Waals surface area contributed by atoms with Crippen LogP contribution in [0.2, 0.25) is 0 Å². The monoisotopic (exact) mass is 313 g/mol. The predicted octanol–water partition coefficient (Wildman–Crippen LogP) is 4.08. The molecular weight excluding hydrogens is 290 g/mol. The van der Waals surface area contributed by atoms with Crippen LogP contribution in [0.1, 0.15) is 33.6 Å². The molecule has 0 radical (unpaired) electrons. The van der Waals surface area contributed by atoms with Gasteiger partial charge in [-0.25, -0.2) is 0 Å². The third-order valence-corrected chi connectivity index (χ3v) is 3.28. The van der Waals surface area contributed by atoms with E-state index in [1.165, 1.54) is 0 Å². The molecule has 0 aromatic heterocycles. The minimum Gasteiger partial charge on any atom is -0.490 e. The molecule has 0 aliphatic heterocycles. The van der Waals surface area contributed by atoms with Gasteiger partial charge in [0.05, 0.1) is 13.2 Å². The topological polar surface area (TPSA) is 47.6 Å². The average Bonchev–Trinajstić information content (AvgIpc) is 2.50. The summed E-state index contributed by atoms with van der Waals surface area (Å²) in [6, 6.07) is 5.42. The zero-order valence-electron chi connectivity index (χ0n) is 12.9. The molecule has 1 amide bonds. The van der Waals surface area contributed by atoms with Crippen LogP contribution in [-0.4, -0.2) is 25.0 Å². The Morgan fingerprint density at radius 3 is 2.38 bits per heavy atom. The molecule has 1 atom stereocenters. The Kier molecular flexibility index (Phi) is 7.98. The molecule has 1 aromatic rings. The second-order valence-electron chi connectivity index (χ2n) is 4.90. The van der Waals surface area contributed by atoms with Gasteiger partial charge in [-0.1, -0.05) is 20.8 Å². The Morgan fingerprint density at radius 1 is 1.19 bits per heavy atom. The summed E-state index contributed by atoms with van der Waals surface area (Å²) < 4.78 is 11.3. The van der Waals surface area contributed by atoms with Crippen molar-refractivity contribution in [1.82, 2.24) is 0 Å². The molecule has 0 aliphatic rings. The van der Waals surface area contributed by atoms with Crippen molar-refractivity contribution in [2.24, 2.45) is 5.92 Å². The molecule has 0 heterocycles. The Morgan fingerprint density at radius 2 is 1.81 bits per heavy atom. The molecule has 1 N–H and O–H groups in total. The van der Waals surface area contributed by atoms with Gasteiger partial charge in [0.25, 0.3) is 0 Å². The number of anilines is 1. The zero-order valence-corrected chi connectivity index (χ0v) is 13.7. The lowest BCUT2D eigenvalue weighted by molar-refractivity contribution is -0.118. The Labute approximate surface area is 131 Å². The smallest absolute Gasteiger partial charge is 0.228 e. The summed E-state index contributed by atoms with van der Waals surface area (Å²) in [6.07, 6.45) is 1.84. The van der Waals surface area contributed by atoms with Crippen molar-refractivity contribution in [2.45, 2.75) is 33.6 Å². The second kappa shape index (κ2) is 9.50. The first-order valence-corrected chi connectivity index (χ1v) is 7.92. The summed E-state index contributed by atoms with van der Waals surface area (Å²) in [5.41, 5.74) is 0.687. The van der Waals surface area contributed by atoms with Crippen molar-refractivity contribution in [3.05, 3.63) is 18.2 Å². The molecule has 0 saturated heterocycles. The number of rotatable bonds is 9. The number of benzene rings is 1. The number of nitrogens with one attached hydrogen (secondary N) is 1. The van der Waals surface area contributed by atoms with E-state index in [0.717, 1.165) is 12.8 Å². The predicted molar refractivity (Wildman–Crippen MR) is 86.5 cm³/mol. The zero-order chi connectivity index (χ0) is 15.7. The van der Waals surface area contributed by atoms with Gasteiger partial charge in [-0.3, -0.25) is 4.79 Å². The molecule has 0 spiro atoms. The summed E-state index contributed by atoms with van der Waals surface area (Å²) in [7, 11) is 0. The van der Waals surface area contributed by atoms with Gasteiger partial charge < -0.3 is 14.8 Å². The number of hydrogen-bond donors (Lipinski definition) is 1. The van der Waals surface area contributed by atoms with Gasteiger partial charge in [0.2, 0.25) is 5.91 Å². The maximum atomic E-state index is 11.9. The van der Waals surface area contributed by atoms with Gasteiger partial charge in [0.15, 0.2) is 11.5 Å². The molecule has 4 nitrogen and oxygen atoms in total. The normalized spacial score (nSPS) is 11.8. The number of hydrogen-bond acceptors (Lipinski definition) is 3. The quantitative estimate of drug-likeness (QED) is 0.699. The van der Waals surface area contributed by atoms with Gasteiger partial charge in [-0.05, 0) is 25.0 Å². The molecule has 118 valence electrons. The number of halogens is 1. The van der Waals surface area contributed by atoms with Crippen LogP contribution in [-0.2, 0) is 4.79 Å². The lowest BCUT2D eigenvalue weighted by Crippen LogP contribution is -2.21. The maximum Gasteiger partial charge on any atom is 0.228 e. The average molecular weight is 314 g/mol. The first-order chi connectivity index (χ1) is 10.1. The van der Waals surface area contributed by atoms with E-state index in [0.29, 0.717) is 36.3 Å². The third kappa shape index (κ3) is 5.84. The van der Waals surface area contributed by atoms with E-state index in [2.05, 4.69) is 12.2 Å². The highest BCUT2D eigenvalue weighted by Gasteiger charge is 2.13. The highest BCUT2D eigenvalue weighted by molar-refractivity contribution is 6.19. The lowest BCUT2D eigenvalue weighted by atomic mass is 10.2. The highest BCUT2D eigenvalue weighted by Crippen LogP contribution is 2.31. The standard InChI is InChI=1S/C16H24ClNO3/c1-4-8-20-14-7-6-13(10-15(14)21-9-5-2)18-16(19)12(3)11-17/h6-7,10,12H,4-5,8-9,11H2,1-3H3,(H,18,19). The van der Waals surface area contributed by atoms with Gasteiger partial charge >= 0.3 is 0 Å². The van der Waals surface area contributed by atoms with E-state index in [4.69, 9.17) is 21.1 Å². The number of carbonyl (C=O) groups excluding carboxylic acids is 1. The van der Waals surface area contributed by atoms with Crippen LogP contribution in [0.15, 0.2) is 18.2 Å². The fraction of sp³-hybridized carbons (Fsp3) is 0.562. The molecular formula is C16H24ClNO3. The van der Waals surface area contributed by atoms with Crippen LogP contribution in [0.4, 0.5) is 5.69 Å². The minimum absolute atomic E-state index is 0.103. The van der Waals surface area contributed by atoms with Gasteiger partial charge in [0.1, 0.15) is 0 Å². The first-order valence-electron chi connectivity index (χ1n) is 7.38. The van der Waals surface area contributed by atoms with Crippen LogP contribution in [0, 0.1) is 5.92 Å². The van der Waals surface area contributed by atoms with E-state index in [9.17, 15) is 4.79 Å². The van der Waals surface area contributed by atoms with E-state index < -0.39 is 0 Å². The summed E-state index contributed by atoms with van der Waals surface area (Å²) in [5, 5.41) is 2.83. The molecule has 0 saturated carbocycles. The van der Waals surface area contributed by atoms with E-state index in [1.54, 1.807) is 13.0 Å². The highest BCUT2D eigenvalue weighted by atomic mass is 35.5. The fourth-order valence-electron chi connectivity index (χ4n) is 1.58. The Balaban J connectivity index is 2.84. The minimum atomic E-state index is -0.234. The van der Waals surface area contributed by atoms with Crippen LogP contribution in [0.5, 0.6) is 11.5 Å². The van der Waals surface area contributed by atoms with Crippen LogP contribution >= 0.6 is 11.6 Å². The summed E-state index contributed by atoms with van der Waals surface area (Å²) in [6.45, 7) is 7.13. The van der Waals surface area contributed by atoms with E-state index in [1.807, 2.05) is 19.1 Å². The number of carbonyl (C=O) groups is 1. The Bertz CT molecular complexity index is 451. The van der Waals surface area contributed by atoms with Crippen molar-refractivity contribution in [1.29, 1.82) is 0 Å². The van der Waals surface area contributed by atoms with Crippen molar-refractivity contribution in [3.8, 4) is 11.5 Å². The number of ether oxygens (including phenoxy) is 2. The van der Waals surface area contributed by atoms with Crippen molar-refractivity contribution >= 4 is 23.2 Å². The third-order valence-electron chi connectivity index (χ3n) is 2.81. The first kappa shape index (κ1) is 17.6. The van der Waals surface area contributed by atoms with Crippen molar-refractivity contribution < 1.29 is 14.3 Å². The lowest BCUT2D eigenvalue weighted by Gasteiger charge is -2.15. The molecule has 0 fully saturated rings. The van der Waals surface area contributed by atoms with Gasteiger partial charge in [-0.2, -0.15) is 0 Å². The van der Waals surface area contributed by atoms with E-state index in [-0.39, 0.29) is 11.8 Å². The summed E-state index contributed by atoms with van der Waals surface area (Å²) in [4.78, 5) is 11.9. The maximum absolute atomic E-state index is 11.9. The fourth-order valence-corrected chi connectivity index (χ4v) is 1.72. The van der Waals surface area contributed by atoms with E-state index >= 15 is 0 Å². The summed E-state index contributed by atoms with van der Waals surface area (Å²) >= 11 is 5.69. The van der Waals surface area contributed by atoms with Crippen molar-refractivity contribution in [3.63, 3.8) is 0 Å². The SMILES string of the molecule is CCCOc1ccc(NC(=O)C(C)CCl)cc1OCCC.